The van der Waals surface area contributed by atoms with Crippen molar-refractivity contribution in [3.63, 3.8) is 0 Å². The van der Waals surface area contributed by atoms with E-state index in [4.69, 9.17) is 18.6 Å². The Kier molecular flexibility index (Phi) is 13.1. The second kappa shape index (κ2) is 16.0. The zero-order valence-electron chi connectivity index (χ0n) is 23.5. The monoisotopic (exact) mass is 547 g/mol. The van der Waals surface area contributed by atoms with Crippen molar-refractivity contribution in [2.24, 2.45) is 11.8 Å². The van der Waals surface area contributed by atoms with Gasteiger partial charge < -0.3 is 34.4 Å². The first-order valence-corrected chi connectivity index (χ1v) is 13.1. The summed E-state index contributed by atoms with van der Waals surface area (Å²) in [5.41, 5.74) is 0.844. The molecule has 2 bridgehead atoms. The maximum Gasteiger partial charge on any atom is 0.328 e. The molecule has 0 saturated carbocycles. The standard InChI is InChI=1S/C28H41N3O8/c1-17(2)26-19(4)9-10-24(33)29-11-7-8-18(3)12-22(38-16-36-6)13-21(32)14-25-31-23(15-37-25)27(34)30-20(5)28(35)39-26/h7-10,12,15,17,19-22,26,32H,11,13-14,16H2,1-6H3,(H,29,33)(H,30,34)/b8-7-,10-9+,18-12+/t19-,20-,21-,22-,26-/m1/s1. The van der Waals surface area contributed by atoms with Gasteiger partial charge in [-0.25, -0.2) is 9.78 Å². The molecule has 0 aliphatic carbocycles. The molecule has 1 aromatic rings. The van der Waals surface area contributed by atoms with E-state index in [0.717, 1.165) is 5.57 Å². The van der Waals surface area contributed by atoms with Gasteiger partial charge in [0.1, 0.15) is 25.2 Å². The van der Waals surface area contributed by atoms with Crippen molar-refractivity contribution in [1.82, 2.24) is 15.6 Å². The zero-order chi connectivity index (χ0) is 28.9. The molecule has 216 valence electrons. The molecule has 5 atom stereocenters. The normalized spacial score (nSPS) is 29.5. The maximum atomic E-state index is 12.8. The van der Waals surface area contributed by atoms with Crippen molar-refractivity contribution >= 4 is 17.8 Å². The summed E-state index contributed by atoms with van der Waals surface area (Å²) in [6.45, 7) is 9.41. The van der Waals surface area contributed by atoms with Crippen molar-refractivity contribution < 1.29 is 38.1 Å². The fourth-order valence-electron chi connectivity index (χ4n) is 3.98. The molecule has 0 fully saturated rings. The Hall–Kier alpha value is -3.28. The molecule has 0 unspecified atom stereocenters. The van der Waals surface area contributed by atoms with E-state index in [9.17, 15) is 19.5 Å². The first kappa shape index (κ1) is 31.9. The number of aromatic nitrogens is 1. The number of hydrogen-bond donors (Lipinski definition) is 3. The first-order valence-electron chi connectivity index (χ1n) is 13.1. The van der Waals surface area contributed by atoms with Gasteiger partial charge in [0, 0.05) is 26.0 Å². The van der Waals surface area contributed by atoms with Gasteiger partial charge in [0.05, 0.1) is 18.6 Å². The Bertz CT molecular complexity index is 1050. The number of fused-ring (bicyclic) bond motifs is 2. The summed E-state index contributed by atoms with van der Waals surface area (Å²) in [5.74, 6) is -1.62. The van der Waals surface area contributed by atoms with E-state index in [2.05, 4.69) is 15.6 Å². The highest BCUT2D eigenvalue weighted by atomic mass is 16.7. The number of rotatable bonds is 4. The Morgan fingerprint density at radius 1 is 1.21 bits per heavy atom. The lowest BCUT2D eigenvalue weighted by atomic mass is 9.94. The van der Waals surface area contributed by atoms with Gasteiger partial charge in [0.2, 0.25) is 5.91 Å². The molecular formula is C28H41N3O8. The molecule has 0 aromatic carbocycles. The van der Waals surface area contributed by atoms with Gasteiger partial charge >= 0.3 is 5.97 Å². The Morgan fingerprint density at radius 3 is 2.64 bits per heavy atom. The van der Waals surface area contributed by atoms with Crippen LogP contribution < -0.4 is 10.6 Å². The number of allylic oxidation sites excluding steroid dienone is 2. The topological polar surface area (TPSA) is 149 Å². The largest absolute Gasteiger partial charge is 0.460 e. The number of nitrogens with zero attached hydrogens (tertiary/aromatic N) is 1. The van der Waals surface area contributed by atoms with Crippen molar-refractivity contribution in [3.05, 3.63) is 53.8 Å². The maximum absolute atomic E-state index is 12.8. The SMILES string of the molecule is COCO[C@@H]1/C=C(C)/C=C\CNC(=O)/C=C/[C@@H](C)[C@@H](C(C)C)OC(=O)[C@@H](C)NC(=O)c2coc(n2)C[C@H](O)C1. The highest BCUT2D eigenvalue weighted by Gasteiger charge is 2.28. The molecule has 39 heavy (non-hydrogen) atoms. The van der Waals surface area contributed by atoms with Crippen LogP contribution in [0.5, 0.6) is 0 Å². The summed E-state index contributed by atoms with van der Waals surface area (Å²) in [7, 11) is 1.51. The minimum absolute atomic E-state index is 0.0222. The molecule has 0 spiro atoms. The number of cyclic esters (lactones) is 1. The van der Waals surface area contributed by atoms with Crippen LogP contribution in [0.4, 0.5) is 0 Å². The molecule has 0 saturated heterocycles. The second-order valence-corrected chi connectivity index (χ2v) is 9.95. The number of ether oxygens (including phenoxy) is 3. The summed E-state index contributed by atoms with van der Waals surface area (Å²) in [4.78, 5) is 41.9. The molecule has 11 nitrogen and oxygen atoms in total. The first-order chi connectivity index (χ1) is 18.5. The number of aliphatic hydroxyl groups excluding tert-OH is 1. The number of carbonyl (C=O) groups is 3. The van der Waals surface area contributed by atoms with E-state index in [-0.39, 0.29) is 49.0 Å². The van der Waals surface area contributed by atoms with E-state index in [1.165, 1.54) is 26.4 Å². The van der Waals surface area contributed by atoms with E-state index in [1.54, 1.807) is 12.2 Å². The van der Waals surface area contributed by atoms with Gasteiger partial charge in [-0.1, -0.05) is 50.6 Å². The molecule has 2 heterocycles. The minimum atomic E-state index is -0.953. The Labute approximate surface area is 229 Å². The van der Waals surface area contributed by atoms with E-state index in [1.807, 2.05) is 39.8 Å². The molecule has 1 aliphatic heterocycles. The third-order valence-corrected chi connectivity index (χ3v) is 6.00. The molecular weight excluding hydrogens is 506 g/mol. The van der Waals surface area contributed by atoms with Crippen molar-refractivity contribution in [2.75, 3.05) is 20.4 Å². The molecule has 2 amide bonds. The lowest BCUT2D eigenvalue weighted by molar-refractivity contribution is -0.155. The van der Waals surface area contributed by atoms with Crippen LogP contribution in [-0.4, -0.2) is 72.7 Å². The van der Waals surface area contributed by atoms with Crippen molar-refractivity contribution in [1.29, 1.82) is 0 Å². The third kappa shape index (κ3) is 11.2. The molecule has 0 radical (unpaired) electrons. The number of esters is 1. The summed E-state index contributed by atoms with van der Waals surface area (Å²) in [6, 6.07) is -0.953. The molecule has 11 heteroatoms. The van der Waals surface area contributed by atoms with E-state index < -0.39 is 36.2 Å². The quantitative estimate of drug-likeness (QED) is 0.382. The highest BCUT2D eigenvalue weighted by Crippen LogP contribution is 2.19. The number of amides is 2. The fraction of sp³-hybridized carbons (Fsp3) is 0.571. The van der Waals surface area contributed by atoms with Gasteiger partial charge in [-0.2, -0.15) is 0 Å². The summed E-state index contributed by atoms with van der Waals surface area (Å²) in [6.07, 6.45) is 8.19. The van der Waals surface area contributed by atoms with Gasteiger partial charge in [-0.15, -0.1) is 0 Å². The predicted octanol–water partition coefficient (Wildman–Crippen LogP) is 2.47. The van der Waals surface area contributed by atoms with Gasteiger partial charge in [0.15, 0.2) is 11.6 Å². The number of aliphatic hydroxyl groups is 1. The van der Waals surface area contributed by atoms with Crippen LogP contribution in [0.25, 0.3) is 0 Å². The molecule has 3 N–H and O–H groups in total. The number of nitrogens with one attached hydrogen (secondary N) is 2. The number of carbonyl (C=O) groups excluding carboxylic acids is 3. The number of oxazole rings is 1. The molecule has 2 rings (SSSR count). The van der Waals surface area contributed by atoms with E-state index in [0.29, 0.717) is 6.54 Å². The van der Waals surface area contributed by atoms with E-state index >= 15 is 0 Å². The van der Waals surface area contributed by atoms with Crippen LogP contribution in [-0.2, 0) is 30.2 Å². The van der Waals surface area contributed by atoms with Crippen LogP contribution in [0, 0.1) is 11.8 Å². The third-order valence-electron chi connectivity index (χ3n) is 6.00. The summed E-state index contributed by atoms with van der Waals surface area (Å²) >= 11 is 0. The van der Waals surface area contributed by atoms with Crippen LogP contribution in [0.3, 0.4) is 0 Å². The second-order valence-electron chi connectivity index (χ2n) is 9.95. The lowest BCUT2D eigenvalue weighted by Crippen LogP contribution is -2.42. The number of hydrogen-bond acceptors (Lipinski definition) is 9. The van der Waals surface area contributed by atoms with Crippen molar-refractivity contribution in [2.45, 2.75) is 71.8 Å². The smallest absolute Gasteiger partial charge is 0.328 e. The summed E-state index contributed by atoms with van der Waals surface area (Å²) < 4.78 is 21.8. The van der Waals surface area contributed by atoms with Gasteiger partial charge in [-0.05, 0) is 25.8 Å². The number of methoxy groups -OCH3 is 1. The fourth-order valence-corrected chi connectivity index (χ4v) is 3.98. The summed E-state index contributed by atoms with van der Waals surface area (Å²) in [5, 5.41) is 16.0. The van der Waals surface area contributed by atoms with Crippen LogP contribution in [0.2, 0.25) is 0 Å². The van der Waals surface area contributed by atoms with Crippen molar-refractivity contribution in [3.8, 4) is 0 Å². The Morgan fingerprint density at radius 2 is 1.95 bits per heavy atom. The van der Waals surface area contributed by atoms with Crippen LogP contribution in [0.1, 0.15) is 57.4 Å². The minimum Gasteiger partial charge on any atom is -0.460 e. The highest BCUT2D eigenvalue weighted by molar-refractivity contribution is 5.94. The lowest BCUT2D eigenvalue weighted by Gasteiger charge is -2.27. The molecule has 1 aromatic heterocycles. The van der Waals surface area contributed by atoms with Crippen LogP contribution in [0.15, 0.2) is 46.6 Å². The van der Waals surface area contributed by atoms with Gasteiger partial charge in [-0.3, -0.25) is 9.59 Å². The van der Waals surface area contributed by atoms with Gasteiger partial charge in [0.25, 0.3) is 5.91 Å². The average molecular weight is 548 g/mol. The Balaban J connectivity index is 2.28. The zero-order valence-corrected chi connectivity index (χ0v) is 23.5. The predicted molar refractivity (Wildman–Crippen MR) is 143 cm³/mol. The molecule has 1 aliphatic rings. The van der Waals surface area contributed by atoms with Crippen LogP contribution >= 0.6 is 0 Å². The average Bonchev–Trinajstić information content (AvgIpc) is 3.34.